The molecule has 1 aliphatic rings. The highest BCUT2D eigenvalue weighted by Crippen LogP contribution is 2.32. The maximum absolute atomic E-state index is 12.9. The van der Waals surface area contributed by atoms with Gasteiger partial charge >= 0.3 is 0 Å². The molecule has 1 aliphatic heterocycles. The minimum Gasteiger partial charge on any atom is -0.497 e. The van der Waals surface area contributed by atoms with E-state index >= 15 is 0 Å². The van der Waals surface area contributed by atoms with Gasteiger partial charge in [-0.3, -0.25) is 9.59 Å². The minimum atomic E-state index is -0.220. The molecule has 1 heterocycles. The first-order chi connectivity index (χ1) is 14.4. The molecule has 0 spiro atoms. The van der Waals surface area contributed by atoms with Crippen molar-refractivity contribution in [3.63, 3.8) is 0 Å². The van der Waals surface area contributed by atoms with Crippen LogP contribution in [0.25, 0.3) is 0 Å². The monoisotopic (exact) mass is 409 g/mol. The molecule has 0 saturated heterocycles. The highest BCUT2D eigenvalue weighted by molar-refractivity contribution is 5.79. The highest BCUT2D eigenvalue weighted by Gasteiger charge is 2.30. The third-order valence-electron chi connectivity index (χ3n) is 5.79. The number of hydrogen-bond donors (Lipinski definition) is 1. The zero-order chi connectivity index (χ0) is 21.7. The van der Waals surface area contributed by atoms with Crippen LogP contribution in [0.4, 0.5) is 0 Å². The van der Waals surface area contributed by atoms with Gasteiger partial charge < -0.3 is 19.9 Å². The average molecular weight is 410 g/mol. The Kier molecular flexibility index (Phi) is 7.11. The number of benzene rings is 2. The van der Waals surface area contributed by atoms with Crippen molar-refractivity contribution < 1.29 is 14.3 Å². The van der Waals surface area contributed by atoms with E-state index < -0.39 is 0 Å². The molecule has 0 saturated carbocycles. The van der Waals surface area contributed by atoms with Crippen molar-refractivity contribution in [2.45, 2.75) is 31.8 Å². The smallest absolute Gasteiger partial charge is 0.222 e. The molecule has 1 N–H and O–H groups in total. The van der Waals surface area contributed by atoms with Gasteiger partial charge in [-0.25, -0.2) is 0 Å². The first kappa shape index (κ1) is 21.8. The average Bonchev–Trinajstić information content (AvgIpc) is 2.73. The van der Waals surface area contributed by atoms with Crippen molar-refractivity contribution in [3.05, 3.63) is 65.2 Å². The number of likely N-dealkylation sites (N-methyl/N-ethyl adjacent to an activating group) is 1. The fraction of sp³-hybridized carbons (Fsp3) is 0.417. The zero-order valence-electron chi connectivity index (χ0n) is 18.2. The second-order valence-corrected chi connectivity index (χ2v) is 7.94. The second-order valence-electron chi connectivity index (χ2n) is 7.94. The summed E-state index contributed by atoms with van der Waals surface area (Å²) in [6.07, 6.45) is 1.08. The summed E-state index contributed by atoms with van der Waals surface area (Å²) in [6, 6.07) is 15.8. The molecule has 0 aromatic heterocycles. The van der Waals surface area contributed by atoms with Crippen LogP contribution >= 0.6 is 0 Å². The van der Waals surface area contributed by atoms with Crippen LogP contribution in [0.3, 0.4) is 0 Å². The lowest BCUT2D eigenvalue weighted by atomic mass is 9.90. The highest BCUT2D eigenvalue weighted by atomic mass is 16.5. The molecule has 6 nitrogen and oxygen atoms in total. The van der Waals surface area contributed by atoms with Crippen molar-refractivity contribution >= 4 is 11.8 Å². The summed E-state index contributed by atoms with van der Waals surface area (Å²) in [4.78, 5) is 28.9. The molecule has 2 unspecified atom stereocenters. The zero-order valence-corrected chi connectivity index (χ0v) is 18.2. The summed E-state index contributed by atoms with van der Waals surface area (Å²) < 4.78 is 5.34. The van der Waals surface area contributed by atoms with Crippen LogP contribution < -0.4 is 10.1 Å². The standard InChI is InChI=1S/C24H31N3O3/c1-17(28)27-13-12-18-8-5-6-11-21(18)22(27)15-24(29)25-16-23(26(2)3)19-9-7-10-20(14-19)30-4/h5-11,14,22-23H,12-13,15-16H2,1-4H3,(H,25,29). The summed E-state index contributed by atoms with van der Waals surface area (Å²) >= 11 is 0. The topological polar surface area (TPSA) is 61.9 Å². The Labute approximate surface area is 178 Å². The van der Waals surface area contributed by atoms with E-state index in [1.54, 1.807) is 14.0 Å². The quantitative estimate of drug-likeness (QED) is 0.764. The fourth-order valence-corrected chi connectivity index (χ4v) is 4.15. The van der Waals surface area contributed by atoms with Gasteiger partial charge in [0.25, 0.3) is 0 Å². The number of carbonyl (C=O) groups excluding carboxylic acids is 2. The van der Waals surface area contributed by atoms with Gasteiger partial charge in [0, 0.05) is 20.0 Å². The largest absolute Gasteiger partial charge is 0.497 e. The molecule has 0 fully saturated rings. The third kappa shape index (κ3) is 5.00. The molecule has 6 heteroatoms. The summed E-state index contributed by atoms with van der Waals surface area (Å²) in [5.74, 6) is 0.740. The van der Waals surface area contributed by atoms with E-state index in [4.69, 9.17) is 4.74 Å². The lowest BCUT2D eigenvalue weighted by Crippen LogP contribution is -2.42. The van der Waals surface area contributed by atoms with E-state index in [-0.39, 0.29) is 30.3 Å². The van der Waals surface area contributed by atoms with Gasteiger partial charge in [-0.05, 0) is 49.3 Å². The number of ether oxygens (including phenoxy) is 1. The van der Waals surface area contributed by atoms with Gasteiger partial charge in [-0.1, -0.05) is 36.4 Å². The van der Waals surface area contributed by atoms with Gasteiger partial charge in [-0.15, -0.1) is 0 Å². The summed E-state index contributed by atoms with van der Waals surface area (Å²) in [7, 11) is 5.63. The molecular formula is C24H31N3O3. The number of nitrogens with zero attached hydrogens (tertiary/aromatic N) is 2. The Morgan fingerprint density at radius 3 is 2.67 bits per heavy atom. The Morgan fingerprint density at radius 1 is 1.20 bits per heavy atom. The summed E-state index contributed by atoms with van der Waals surface area (Å²) in [5, 5.41) is 3.08. The third-order valence-corrected chi connectivity index (χ3v) is 5.79. The van der Waals surface area contributed by atoms with Crippen molar-refractivity contribution in [1.82, 2.24) is 15.1 Å². The molecule has 2 atom stereocenters. The van der Waals surface area contributed by atoms with Crippen molar-refractivity contribution in [2.24, 2.45) is 0 Å². The Hall–Kier alpha value is -2.86. The van der Waals surface area contributed by atoms with Gasteiger partial charge in [-0.2, -0.15) is 0 Å². The molecule has 160 valence electrons. The van der Waals surface area contributed by atoms with Crippen LogP contribution in [0.1, 0.15) is 42.1 Å². The van der Waals surface area contributed by atoms with Gasteiger partial charge in [0.2, 0.25) is 11.8 Å². The summed E-state index contributed by atoms with van der Waals surface area (Å²) in [6.45, 7) is 2.70. The number of amides is 2. The number of rotatable bonds is 7. The minimum absolute atomic E-state index is 0.00449. The lowest BCUT2D eigenvalue weighted by molar-refractivity contribution is -0.133. The molecule has 2 aromatic rings. The summed E-state index contributed by atoms with van der Waals surface area (Å²) in [5.41, 5.74) is 3.37. The van der Waals surface area contributed by atoms with Crippen LogP contribution in [0.5, 0.6) is 5.75 Å². The fourth-order valence-electron chi connectivity index (χ4n) is 4.15. The molecule has 2 amide bonds. The maximum Gasteiger partial charge on any atom is 0.222 e. The van der Waals surface area contributed by atoms with E-state index in [9.17, 15) is 9.59 Å². The predicted molar refractivity (Wildman–Crippen MR) is 117 cm³/mol. The number of hydrogen-bond acceptors (Lipinski definition) is 4. The van der Waals surface area contributed by atoms with E-state index in [2.05, 4.69) is 16.3 Å². The van der Waals surface area contributed by atoms with E-state index in [0.29, 0.717) is 13.1 Å². The predicted octanol–water partition coefficient (Wildman–Crippen LogP) is 2.95. The SMILES string of the molecule is COc1cccc(C(CNC(=O)CC2c3ccccc3CCN2C(C)=O)N(C)C)c1. The Bertz CT molecular complexity index is 897. The Morgan fingerprint density at radius 2 is 1.97 bits per heavy atom. The first-order valence-electron chi connectivity index (χ1n) is 10.3. The van der Waals surface area contributed by atoms with Crippen LogP contribution in [0.2, 0.25) is 0 Å². The van der Waals surface area contributed by atoms with Gasteiger partial charge in [0.15, 0.2) is 0 Å². The number of nitrogens with one attached hydrogen (secondary N) is 1. The molecule has 3 rings (SSSR count). The van der Waals surface area contributed by atoms with Crippen LogP contribution in [0.15, 0.2) is 48.5 Å². The molecule has 30 heavy (non-hydrogen) atoms. The van der Waals surface area contributed by atoms with Crippen LogP contribution in [-0.2, 0) is 16.0 Å². The van der Waals surface area contributed by atoms with Gasteiger partial charge in [0.05, 0.1) is 25.6 Å². The van der Waals surface area contributed by atoms with Crippen molar-refractivity contribution in [2.75, 3.05) is 34.3 Å². The van der Waals surface area contributed by atoms with Crippen molar-refractivity contribution in [3.8, 4) is 5.75 Å². The van der Waals surface area contributed by atoms with Gasteiger partial charge in [0.1, 0.15) is 5.75 Å². The van der Waals surface area contributed by atoms with Crippen molar-refractivity contribution in [1.29, 1.82) is 0 Å². The number of methoxy groups -OCH3 is 1. The second kappa shape index (κ2) is 9.76. The molecule has 0 bridgehead atoms. The lowest BCUT2D eigenvalue weighted by Gasteiger charge is -2.36. The number of fused-ring (bicyclic) bond motifs is 1. The van der Waals surface area contributed by atoms with E-state index in [1.165, 1.54) is 5.56 Å². The number of carbonyl (C=O) groups is 2. The molecule has 0 radical (unpaired) electrons. The first-order valence-corrected chi connectivity index (χ1v) is 10.3. The maximum atomic E-state index is 12.9. The molecular weight excluding hydrogens is 378 g/mol. The van der Waals surface area contributed by atoms with Crippen LogP contribution in [0, 0.1) is 0 Å². The normalized spacial score (nSPS) is 16.7. The van der Waals surface area contributed by atoms with Crippen LogP contribution in [-0.4, -0.2) is 55.9 Å². The molecule has 0 aliphatic carbocycles. The molecule has 2 aromatic carbocycles. The Balaban J connectivity index is 1.71. The van der Waals surface area contributed by atoms with E-state index in [1.807, 2.05) is 61.5 Å². The van der Waals surface area contributed by atoms with E-state index in [0.717, 1.165) is 23.3 Å².